The average molecular weight is 241 g/mol. The predicted octanol–water partition coefficient (Wildman–Crippen LogP) is 1.02. The Morgan fingerprint density at radius 3 is 2.44 bits per heavy atom. The molecule has 3 N–H and O–H groups in total. The summed E-state index contributed by atoms with van der Waals surface area (Å²) in [5.41, 5.74) is 6.56. The lowest BCUT2D eigenvalue weighted by Crippen LogP contribution is -2.33. The standard InChI is InChI=1S/C10H15N3O2S/c11-9-5-1-2-6-10(9)12-16(14,15)13-7-3-4-8-13/h1-2,5-6,12H,3-4,7-8,11H2. The SMILES string of the molecule is Nc1ccccc1NS(=O)(=O)N1CCCC1. The van der Waals surface area contributed by atoms with Crippen molar-refractivity contribution in [3.8, 4) is 0 Å². The zero-order valence-electron chi connectivity index (χ0n) is 8.89. The summed E-state index contributed by atoms with van der Waals surface area (Å²) in [6.07, 6.45) is 1.84. The highest BCUT2D eigenvalue weighted by Crippen LogP contribution is 2.21. The summed E-state index contributed by atoms with van der Waals surface area (Å²) in [6, 6.07) is 6.84. The summed E-state index contributed by atoms with van der Waals surface area (Å²) in [4.78, 5) is 0. The minimum Gasteiger partial charge on any atom is -0.397 e. The first kappa shape index (κ1) is 11.2. The summed E-state index contributed by atoms with van der Waals surface area (Å²) in [5.74, 6) is 0. The molecule has 1 heterocycles. The van der Waals surface area contributed by atoms with Crippen LogP contribution in [0.3, 0.4) is 0 Å². The summed E-state index contributed by atoms with van der Waals surface area (Å²) < 4.78 is 27.8. The van der Waals surface area contributed by atoms with Crippen LogP contribution in [0.4, 0.5) is 11.4 Å². The fourth-order valence-corrected chi connectivity index (χ4v) is 3.05. The largest absolute Gasteiger partial charge is 0.397 e. The molecule has 0 saturated carbocycles. The number of anilines is 2. The Morgan fingerprint density at radius 1 is 1.19 bits per heavy atom. The lowest BCUT2D eigenvalue weighted by atomic mass is 10.3. The summed E-state index contributed by atoms with van der Waals surface area (Å²) in [6.45, 7) is 1.17. The molecule has 1 aromatic rings. The Balaban J connectivity index is 2.18. The lowest BCUT2D eigenvalue weighted by molar-refractivity contribution is 0.482. The monoisotopic (exact) mass is 241 g/mol. The van der Waals surface area contributed by atoms with Crippen molar-refractivity contribution >= 4 is 21.6 Å². The maximum absolute atomic E-state index is 11.9. The number of benzene rings is 1. The van der Waals surface area contributed by atoms with Gasteiger partial charge in [-0.05, 0) is 25.0 Å². The number of nitrogens with zero attached hydrogens (tertiary/aromatic N) is 1. The number of hydrogen-bond acceptors (Lipinski definition) is 3. The molecule has 0 radical (unpaired) electrons. The van der Waals surface area contributed by atoms with Gasteiger partial charge >= 0.3 is 10.2 Å². The van der Waals surface area contributed by atoms with Crippen LogP contribution in [-0.2, 0) is 10.2 Å². The number of para-hydroxylation sites is 2. The molecule has 0 atom stereocenters. The van der Waals surface area contributed by atoms with Crippen molar-refractivity contribution in [3.05, 3.63) is 24.3 Å². The highest BCUT2D eigenvalue weighted by Gasteiger charge is 2.25. The molecule has 6 heteroatoms. The molecule has 0 spiro atoms. The van der Waals surface area contributed by atoms with Gasteiger partial charge in [0.2, 0.25) is 0 Å². The second-order valence-electron chi connectivity index (χ2n) is 3.80. The van der Waals surface area contributed by atoms with Crippen molar-refractivity contribution in [3.63, 3.8) is 0 Å². The third kappa shape index (κ3) is 2.28. The molecule has 1 aliphatic heterocycles. The van der Waals surface area contributed by atoms with Gasteiger partial charge in [-0.25, -0.2) is 0 Å². The normalized spacial score (nSPS) is 17.5. The molecule has 0 aromatic heterocycles. The maximum atomic E-state index is 11.9. The van der Waals surface area contributed by atoms with Gasteiger partial charge < -0.3 is 5.73 Å². The van der Waals surface area contributed by atoms with Crippen LogP contribution in [-0.4, -0.2) is 25.8 Å². The molecule has 0 aliphatic carbocycles. The van der Waals surface area contributed by atoms with Gasteiger partial charge in [0, 0.05) is 13.1 Å². The lowest BCUT2D eigenvalue weighted by Gasteiger charge is -2.17. The zero-order valence-corrected chi connectivity index (χ0v) is 9.70. The van der Waals surface area contributed by atoms with Crippen LogP contribution < -0.4 is 10.5 Å². The molecule has 1 saturated heterocycles. The molecule has 5 nitrogen and oxygen atoms in total. The Kier molecular flexibility index (Phi) is 3.02. The van der Waals surface area contributed by atoms with E-state index in [9.17, 15) is 8.42 Å². The van der Waals surface area contributed by atoms with E-state index in [0.29, 0.717) is 24.5 Å². The van der Waals surface area contributed by atoms with E-state index in [4.69, 9.17) is 5.73 Å². The smallest absolute Gasteiger partial charge is 0.301 e. The van der Waals surface area contributed by atoms with E-state index in [-0.39, 0.29) is 0 Å². The maximum Gasteiger partial charge on any atom is 0.301 e. The van der Waals surface area contributed by atoms with Crippen LogP contribution in [0.1, 0.15) is 12.8 Å². The van der Waals surface area contributed by atoms with E-state index >= 15 is 0 Å². The van der Waals surface area contributed by atoms with Gasteiger partial charge in [0.1, 0.15) is 0 Å². The number of nitrogens with one attached hydrogen (secondary N) is 1. The number of nitrogen functional groups attached to an aromatic ring is 1. The Labute approximate surface area is 95.4 Å². The van der Waals surface area contributed by atoms with Crippen LogP contribution in [0.25, 0.3) is 0 Å². The molecule has 1 aliphatic rings. The summed E-state index contributed by atoms with van der Waals surface area (Å²) in [7, 11) is -3.43. The van der Waals surface area contributed by atoms with Gasteiger partial charge in [0.15, 0.2) is 0 Å². The molecule has 0 amide bonds. The molecule has 16 heavy (non-hydrogen) atoms. The summed E-state index contributed by atoms with van der Waals surface area (Å²) >= 11 is 0. The fraction of sp³-hybridized carbons (Fsp3) is 0.400. The molecule has 0 unspecified atom stereocenters. The summed E-state index contributed by atoms with van der Waals surface area (Å²) in [5, 5.41) is 0. The molecule has 2 rings (SSSR count). The van der Waals surface area contributed by atoms with Crippen LogP contribution >= 0.6 is 0 Å². The van der Waals surface area contributed by atoms with Crippen molar-refractivity contribution < 1.29 is 8.42 Å². The van der Waals surface area contributed by atoms with E-state index in [1.807, 2.05) is 0 Å². The van der Waals surface area contributed by atoms with Crippen LogP contribution in [0, 0.1) is 0 Å². The third-order valence-electron chi connectivity index (χ3n) is 2.60. The fourth-order valence-electron chi connectivity index (χ4n) is 1.72. The molecule has 1 aromatic carbocycles. The quantitative estimate of drug-likeness (QED) is 0.776. The first-order valence-electron chi connectivity index (χ1n) is 5.22. The highest BCUT2D eigenvalue weighted by atomic mass is 32.2. The number of rotatable bonds is 3. The topological polar surface area (TPSA) is 75.4 Å². The Hall–Kier alpha value is -1.27. The van der Waals surface area contributed by atoms with Crippen molar-refractivity contribution in [1.29, 1.82) is 0 Å². The predicted molar refractivity (Wildman–Crippen MR) is 64.2 cm³/mol. The highest BCUT2D eigenvalue weighted by molar-refractivity contribution is 7.90. The third-order valence-corrected chi connectivity index (χ3v) is 4.13. The number of hydrogen-bond donors (Lipinski definition) is 2. The molecule has 88 valence electrons. The van der Waals surface area contributed by atoms with Crippen molar-refractivity contribution in [2.75, 3.05) is 23.5 Å². The van der Waals surface area contributed by atoms with Crippen molar-refractivity contribution in [2.45, 2.75) is 12.8 Å². The van der Waals surface area contributed by atoms with Crippen LogP contribution in [0.2, 0.25) is 0 Å². The molecule has 1 fully saturated rings. The van der Waals surface area contributed by atoms with Gasteiger partial charge in [-0.15, -0.1) is 0 Å². The van der Waals surface area contributed by atoms with Crippen LogP contribution in [0.5, 0.6) is 0 Å². The average Bonchev–Trinajstić information content (AvgIpc) is 2.75. The van der Waals surface area contributed by atoms with Crippen molar-refractivity contribution in [2.24, 2.45) is 0 Å². The second kappa shape index (κ2) is 4.31. The van der Waals surface area contributed by atoms with E-state index in [1.165, 1.54) is 4.31 Å². The van der Waals surface area contributed by atoms with Crippen molar-refractivity contribution in [1.82, 2.24) is 4.31 Å². The first-order chi connectivity index (χ1) is 7.59. The van der Waals surface area contributed by atoms with E-state index in [2.05, 4.69) is 4.72 Å². The van der Waals surface area contributed by atoms with Gasteiger partial charge in [-0.1, -0.05) is 12.1 Å². The van der Waals surface area contributed by atoms with Gasteiger partial charge in [0.25, 0.3) is 0 Å². The molecular weight excluding hydrogens is 226 g/mol. The van der Waals surface area contributed by atoms with Gasteiger partial charge in [-0.2, -0.15) is 12.7 Å². The van der Waals surface area contributed by atoms with Crippen LogP contribution in [0.15, 0.2) is 24.3 Å². The first-order valence-corrected chi connectivity index (χ1v) is 6.66. The Morgan fingerprint density at radius 2 is 1.81 bits per heavy atom. The Bertz CT molecular complexity index is 467. The minimum atomic E-state index is -3.43. The van der Waals surface area contributed by atoms with E-state index in [1.54, 1.807) is 24.3 Å². The molecular formula is C10H15N3O2S. The van der Waals surface area contributed by atoms with E-state index in [0.717, 1.165) is 12.8 Å². The second-order valence-corrected chi connectivity index (χ2v) is 5.47. The van der Waals surface area contributed by atoms with E-state index < -0.39 is 10.2 Å². The van der Waals surface area contributed by atoms with Gasteiger partial charge in [-0.3, -0.25) is 4.72 Å². The minimum absolute atomic E-state index is 0.435. The number of nitrogens with two attached hydrogens (primary N) is 1. The molecule has 0 bridgehead atoms. The van der Waals surface area contributed by atoms with Gasteiger partial charge in [0.05, 0.1) is 11.4 Å². The zero-order chi connectivity index (χ0) is 11.6.